The molecule has 4 nitrogen and oxygen atoms in total. The number of benzene rings is 2. The van der Waals surface area contributed by atoms with Crippen LogP contribution in [0.3, 0.4) is 0 Å². The van der Waals surface area contributed by atoms with Gasteiger partial charge in [-0.05, 0) is 17.7 Å². The summed E-state index contributed by atoms with van der Waals surface area (Å²) in [6, 6.07) is 12.4. The fourth-order valence-corrected chi connectivity index (χ4v) is 3.82. The molecule has 0 bridgehead atoms. The molecule has 0 fully saturated rings. The van der Waals surface area contributed by atoms with Crippen LogP contribution in [0.15, 0.2) is 53.4 Å². The molecule has 0 aliphatic heterocycles. The van der Waals surface area contributed by atoms with Gasteiger partial charge in [-0.3, -0.25) is 0 Å². The van der Waals surface area contributed by atoms with Crippen molar-refractivity contribution in [3.8, 4) is 0 Å². The molecule has 112 valence electrons. The third-order valence-corrected chi connectivity index (χ3v) is 5.33. The highest BCUT2D eigenvalue weighted by Crippen LogP contribution is 2.29. The van der Waals surface area contributed by atoms with Gasteiger partial charge in [0.25, 0.3) is 0 Å². The van der Waals surface area contributed by atoms with E-state index in [2.05, 4.69) is 4.72 Å². The Bertz CT molecular complexity index is 720. The van der Waals surface area contributed by atoms with Crippen LogP contribution in [-0.2, 0) is 10.0 Å². The third-order valence-electron chi connectivity index (χ3n) is 2.89. The number of hydrogen-bond donors (Lipinski definition) is 2. The lowest BCUT2D eigenvalue weighted by Gasteiger charge is -2.17. The van der Waals surface area contributed by atoms with Gasteiger partial charge in [0.1, 0.15) is 4.90 Å². The van der Waals surface area contributed by atoms with E-state index in [4.69, 9.17) is 23.2 Å². The van der Waals surface area contributed by atoms with Crippen molar-refractivity contribution in [1.82, 2.24) is 4.72 Å². The van der Waals surface area contributed by atoms with Crippen molar-refractivity contribution in [2.45, 2.75) is 10.9 Å². The van der Waals surface area contributed by atoms with E-state index >= 15 is 0 Å². The molecular formula is C14H13Cl2NO3S. The van der Waals surface area contributed by atoms with Gasteiger partial charge in [0.05, 0.1) is 22.7 Å². The summed E-state index contributed by atoms with van der Waals surface area (Å²) in [5, 5.41) is 9.54. The van der Waals surface area contributed by atoms with Gasteiger partial charge >= 0.3 is 0 Å². The third kappa shape index (κ3) is 3.75. The predicted molar refractivity (Wildman–Crippen MR) is 83.1 cm³/mol. The highest BCUT2D eigenvalue weighted by atomic mass is 35.5. The van der Waals surface area contributed by atoms with Crippen LogP contribution in [0.1, 0.15) is 11.6 Å². The van der Waals surface area contributed by atoms with Crippen LogP contribution in [0.2, 0.25) is 10.0 Å². The van der Waals surface area contributed by atoms with Crippen LogP contribution in [-0.4, -0.2) is 20.1 Å². The molecule has 0 saturated heterocycles. The minimum Gasteiger partial charge on any atom is -0.394 e. The number of aliphatic hydroxyl groups is 1. The molecule has 0 spiro atoms. The predicted octanol–water partition coefficient (Wildman–Crippen LogP) is 3.01. The second-order valence-electron chi connectivity index (χ2n) is 4.32. The second-order valence-corrected chi connectivity index (χ2v) is 6.79. The van der Waals surface area contributed by atoms with Crippen molar-refractivity contribution in [2.75, 3.05) is 6.61 Å². The summed E-state index contributed by atoms with van der Waals surface area (Å²) >= 11 is 11.8. The molecule has 2 aromatic carbocycles. The molecule has 0 saturated carbocycles. The van der Waals surface area contributed by atoms with Crippen molar-refractivity contribution >= 4 is 33.2 Å². The first-order valence-electron chi connectivity index (χ1n) is 6.08. The molecule has 1 atom stereocenters. The van der Waals surface area contributed by atoms with E-state index in [-0.39, 0.29) is 21.5 Å². The summed E-state index contributed by atoms with van der Waals surface area (Å²) in [5.74, 6) is 0. The van der Waals surface area contributed by atoms with Gasteiger partial charge in [-0.15, -0.1) is 0 Å². The average molecular weight is 346 g/mol. The summed E-state index contributed by atoms with van der Waals surface area (Å²) in [6.07, 6.45) is 0. The lowest BCUT2D eigenvalue weighted by atomic mass is 10.1. The van der Waals surface area contributed by atoms with Crippen LogP contribution in [0.25, 0.3) is 0 Å². The summed E-state index contributed by atoms with van der Waals surface area (Å²) in [7, 11) is -3.90. The van der Waals surface area contributed by atoms with Crippen molar-refractivity contribution in [2.24, 2.45) is 0 Å². The molecule has 7 heteroatoms. The van der Waals surface area contributed by atoms with E-state index in [1.165, 1.54) is 18.2 Å². The molecule has 0 aliphatic rings. The Morgan fingerprint density at radius 1 is 1.05 bits per heavy atom. The van der Waals surface area contributed by atoms with E-state index in [9.17, 15) is 13.5 Å². The van der Waals surface area contributed by atoms with Gasteiger partial charge in [-0.1, -0.05) is 59.6 Å². The summed E-state index contributed by atoms with van der Waals surface area (Å²) in [4.78, 5) is -0.119. The Kier molecular flexibility index (Phi) is 5.24. The minimum atomic E-state index is -3.90. The van der Waals surface area contributed by atoms with Gasteiger partial charge < -0.3 is 5.11 Å². The van der Waals surface area contributed by atoms with Crippen molar-refractivity contribution < 1.29 is 13.5 Å². The molecule has 2 rings (SSSR count). The van der Waals surface area contributed by atoms with E-state index < -0.39 is 16.1 Å². The minimum absolute atomic E-state index is 0.0450. The molecule has 0 heterocycles. The van der Waals surface area contributed by atoms with Gasteiger partial charge in [-0.25, -0.2) is 13.1 Å². The molecule has 2 aromatic rings. The molecule has 21 heavy (non-hydrogen) atoms. The smallest absolute Gasteiger partial charge is 0.242 e. The maximum absolute atomic E-state index is 12.4. The van der Waals surface area contributed by atoms with Gasteiger partial charge in [-0.2, -0.15) is 0 Å². The number of hydrogen-bond acceptors (Lipinski definition) is 3. The van der Waals surface area contributed by atoms with Crippen LogP contribution in [0, 0.1) is 0 Å². The SMILES string of the molecule is O=S(=O)(NC(CO)c1ccccc1)c1cccc(Cl)c1Cl. The molecule has 0 radical (unpaired) electrons. The van der Waals surface area contributed by atoms with E-state index in [1.54, 1.807) is 30.3 Å². The number of rotatable bonds is 5. The topological polar surface area (TPSA) is 66.4 Å². The molecule has 0 amide bonds. The monoisotopic (exact) mass is 345 g/mol. The number of sulfonamides is 1. The Balaban J connectivity index is 2.34. The zero-order valence-corrected chi connectivity index (χ0v) is 13.2. The van der Waals surface area contributed by atoms with Crippen LogP contribution in [0.5, 0.6) is 0 Å². The van der Waals surface area contributed by atoms with E-state index in [1.807, 2.05) is 0 Å². The van der Waals surface area contributed by atoms with Gasteiger partial charge in [0, 0.05) is 0 Å². The Hall–Kier alpha value is -1.11. The van der Waals surface area contributed by atoms with Gasteiger partial charge in [0.2, 0.25) is 10.0 Å². The Morgan fingerprint density at radius 3 is 2.33 bits per heavy atom. The van der Waals surface area contributed by atoms with Crippen molar-refractivity contribution in [3.63, 3.8) is 0 Å². The normalized spacial score (nSPS) is 13.1. The Morgan fingerprint density at radius 2 is 1.71 bits per heavy atom. The fourth-order valence-electron chi connectivity index (χ4n) is 1.84. The fraction of sp³-hybridized carbons (Fsp3) is 0.143. The lowest BCUT2D eigenvalue weighted by Crippen LogP contribution is -2.31. The highest BCUT2D eigenvalue weighted by Gasteiger charge is 2.24. The Labute approximate surface area is 133 Å². The first-order chi connectivity index (χ1) is 9.95. The molecule has 2 N–H and O–H groups in total. The summed E-state index contributed by atoms with van der Waals surface area (Å²) in [6.45, 7) is -0.374. The summed E-state index contributed by atoms with van der Waals surface area (Å²) < 4.78 is 27.2. The quantitative estimate of drug-likeness (QED) is 0.875. The van der Waals surface area contributed by atoms with Crippen LogP contribution in [0.4, 0.5) is 0 Å². The molecule has 1 unspecified atom stereocenters. The average Bonchev–Trinajstić information content (AvgIpc) is 2.48. The highest BCUT2D eigenvalue weighted by molar-refractivity contribution is 7.89. The maximum atomic E-state index is 12.4. The zero-order valence-electron chi connectivity index (χ0n) is 10.8. The standard InChI is InChI=1S/C14H13Cl2NO3S/c15-11-7-4-8-13(14(11)16)21(19,20)17-12(9-18)10-5-2-1-3-6-10/h1-8,12,17-18H,9H2. The molecule has 0 aliphatic carbocycles. The van der Waals surface area contributed by atoms with E-state index in [0.717, 1.165) is 0 Å². The first-order valence-corrected chi connectivity index (χ1v) is 8.32. The van der Waals surface area contributed by atoms with Crippen molar-refractivity contribution in [1.29, 1.82) is 0 Å². The van der Waals surface area contributed by atoms with Crippen LogP contribution >= 0.6 is 23.2 Å². The number of aliphatic hydroxyl groups excluding tert-OH is 1. The first kappa shape index (κ1) is 16.3. The lowest BCUT2D eigenvalue weighted by molar-refractivity contribution is 0.259. The van der Waals surface area contributed by atoms with E-state index in [0.29, 0.717) is 5.56 Å². The number of nitrogens with one attached hydrogen (secondary N) is 1. The maximum Gasteiger partial charge on any atom is 0.242 e. The molecule has 0 aromatic heterocycles. The second kappa shape index (κ2) is 6.77. The summed E-state index contributed by atoms with van der Waals surface area (Å²) in [5.41, 5.74) is 0.654. The largest absolute Gasteiger partial charge is 0.394 e. The van der Waals surface area contributed by atoms with Crippen LogP contribution < -0.4 is 4.72 Å². The van der Waals surface area contributed by atoms with Gasteiger partial charge in [0.15, 0.2) is 0 Å². The van der Waals surface area contributed by atoms with Crippen molar-refractivity contribution in [3.05, 3.63) is 64.1 Å². The number of halogens is 2. The molecular weight excluding hydrogens is 333 g/mol. The zero-order chi connectivity index (χ0) is 15.5.